The number of methoxy groups -OCH3 is 1. The molecule has 0 radical (unpaired) electrons. The van der Waals surface area contributed by atoms with E-state index in [0.717, 1.165) is 0 Å². The van der Waals surface area contributed by atoms with Crippen LogP contribution < -0.4 is 10.1 Å². The Morgan fingerprint density at radius 1 is 0.862 bits per heavy atom. The van der Waals surface area contributed by atoms with Crippen molar-refractivity contribution in [3.05, 3.63) is 96.1 Å². The molecule has 0 spiro atoms. The predicted octanol–water partition coefficient (Wildman–Crippen LogP) is 3.11. The highest BCUT2D eigenvalue weighted by atomic mass is 16.6. The summed E-state index contributed by atoms with van der Waals surface area (Å²) in [6.07, 6.45) is 0. The monoisotopic (exact) mass is 391 g/mol. The van der Waals surface area contributed by atoms with Crippen molar-refractivity contribution in [2.45, 2.75) is 5.60 Å². The van der Waals surface area contributed by atoms with E-state index in [2.05, 4.69) is 5.32 Å². The first-order valence-corrected chi connectivity index (χ1v) is 8.99. The summed E-state index contributed by atoms with van der Waals surface area (Å²) in [5.74, 6) is -1.01. The van der Waals surface area contributed by atoms with Crippen LogP contribution in [0, 0.1) is 0 Å². The van der Waals surface area contributed by atoms with Crippen molar-refractivity contribution in [3.8, 4) is 5.75 Å². The van der Waals surface area contributed by atoms with Gasteiger partial charge in [-0.05, 0) is 23.3 Å². The Kier molecular flexibility index (Phi) is 6.26. The number of hydrogen-bond donors (Lipinski definition) is 2. The van der Waals surface area contributed by atoms with Crippen molar-refractivity contribution in [1.29, 1.82) is 0 Å². The van der Waals surface area contributed by atoms with Crippen LogP contribution in [0.2, 0.25) is 0 Å². The Balaban J connectivity index is 1.77. The first kappa shape index (κ1) is 20.1. The van der Waals surface area contributed by atoms with E-state index < -0.39 is 24.1 Å². The summed E-state index contributed by atoms with van der Waals surface area (Å²) in [5, 5.41) is 13.9. The van der Waals surface area contributed by atoms with Gasteiger partial charge in [0.05, 0.1) is 12.8 Å². The molecule has 29 heavy (non-hydrogen) atoms. The molecule has 0 saturated heterocycles. The molecule has 0 aliphatic carbocycles. The number of amides is 1. The van der Waals surface area contributed by atoms with E-state index in [-0.39, 0.29) is 0 Å². The number of esters is 1. The van der Waals surface area contributed by atoms with Crippen molar-refractivity contribution in [1.82, 2.24) is 0 Å². The number of rotatable bonds is 7. The first-order valence-electron chi connectivity index (χ1n) is 8.99. The van der Waals surface area contributed by atoms with E-state index in [0.29, 0.717) is 22.6 Å². The minimum Gasteiger partial charge on any atom is -0.495 e. The highest BCUT2D eigenvalue weighted by Gasteiger charge is 2.41. The van der Waals surface area contributed by atoms with Crippen molar-refractivity contribution >= 4 is 17.6 Å². The highest BCUT2D eigenvalue weighted by Crippen LogP contribution is 2.31. The smallest absolute Gasteiger partial charge is 0.348 e. The molecule has 0 aromatic heterocycles. The number of anilines is 1. The van der Waals surface area contributed by atoms with Crippen molar-refractivity contribution in [2.75, 3.05) is 19.0 Å². The fourth-order valence-electron chi connectivity index (χ4n) is 2.93. The van der Waals surface area contributed by atoms with Crippen molar-refractivity contribution in [3.63, 3.8) is 0 Å². The average molecular weight is 391 g/mol. The van der Waals surface area contributed by atoms with Crippen LogP contribution in [0.3, 0.4) is 0 Å². The quantitative estimate of drug-likeness (QED) is 0.605. The summed E-state index contributed by atoms with van der Waals surface area (Å²) in [7, 11) is 1.49. The zero-order valence-corrected chi connectivity index (χ0v) is 15.9. The van der Waals surface area contributed by atoms with E-state index in [4.69, 9.17) is 9.47 Å². The predicted molar refractivity (Wildman–Crippen MR) is 108 cm³/mol. The molecule has 148 valence electrons. The Hall–Kier alpha value is -3.64. The molecule has 0 fully saturated rings. The number of hydrogen-bond acceptors (Lipinski definition) is 5. The van der Waals surface area contributed by atoms with Gasteiger partial charge in [0.25, 0.3) is 5.91 Å². The maximum Gasteiger partial charge on any atom is 0.348 e. The minimum absolute atomic E-state index is 0.348. The largest absolute Gasteiger partial charge is 0.495 e. The molecule has 6 heteroatoms. The zero-order chi connectivity index (χ0) is 20.7. The summed E-state index contributed by atoms with van der Waals surface area (Å²) in [5.41, 5.74) is -0.882. The lowest BCUT2D eigenvalue weighted by Crippen LogP contribution is -2.39. The van der Waals surface area contributed by atoms with Crippen LogP contribution in [-0.2, 0) is 19.9 Å². The fourth-order valence-corrected chi connectivity index (χ4v) is 2.93. The van der Waals surface area contributed by atoms with Gasteiger partial charge in [-0.25, -0.2) is 4.79 Å². The summed E-state index contributed by atoms with van der Waals surface area (Å²) < 4.78 is 10.4. The summed E-state index contributed by atoms with van der Waals surface area (Å²) in [6, 6.07) is 23.8. The third-order valence-electron chi connectivity index (χ3n) is 4.39. The van der Waals surface area contributed by atoms with Gasteiger partial charge in [-0.1, -0.05) is 72.8 Å². The molecule has 3 aromatic rings. The Morgan fingerprint density at radius 2 is 1.38 bits per heavy atom. The second-order valence-corrected chi connectivity index (χ2v) is 6.27. The lowest BCUT2D eigenvalue weighted by Gasteiger charge is -2.27. The number of ether oxygens (including phenoxy) is 2. The molecular formula is C23H21NO5. The zero-order valence-electron chi connectivity index (χ0n) is 15.9. The summed E-state index contributed by atoms with van der Waals surface area (Å²) in [4.78, 5) is 25.1. The summed E-state index contributed by atoms with van der Waals surface area (Å²) in [6.45, 7) is -0.557. The van der Waals surface area contributed by atoms with Crippen LogP contribution >= 0.6 is 0 Å². The number of aliphatic hydroxyl groups is 1. The summed E-state index contributed by atoms with van der Waals surface area (Å²) >= 11 is 0. The molecule has 0 unspecified atom stereocenters. The van der Waals surface area contributed by atoms with E-state index in [1.54, 1.807) is 84.9 Å². The van der Waals surface area contributed by atoms with Crippen LogP contribution in [0.5, 0.6) is 5.75 Å². The van der Waals surface area contributed by atoms with Gasteiger partial charge >= 0.3 is 5.97 Å². The standard InChI is InChI=1S/C23H21NO5/c1-28-20-15-9-8-14-19(20)24-21(25)16-29-22(26)23(27,17-10-4-2-5-11-17)18-12-6-3-7-13-18/h2-15,27H,16H2,1H3,(H,24,25). The van der Waals surface area contributed by atoms with Gasteiger partial charge in [0.2, 0.25) is 5.60 Å². The molecule has 0 saturated carbocycles. The molecule has 3 rings (SSSR count). The van der Waals surface area contributed by atoms with E-state index in [1.165, 1.54) is 7.11 Å². The van der Waals surface area contributed by atoms with E-state index in [1.807, 2.05) is 0 Å². The molecule has 6 nitrogen and oxygen atoms in total. The van der Waals surface area contributed by atoms with Gasteiger partial charge in [-0.15, -0.1) is 0 Å². The fraction of sp³-hybridized carbons (Fsp3) is 0.130. The molecule has 0 bridgehead atoms. The van der Waals surface area contributed by atoms with Gasteiger partial charge < -0.3 is 19.9 Å². The van der Waals surface area contributed by atoms with E-state index >= 15 is 0 Å². The number of carbonyl (C=O) groups is 2. The first-order chi connectivity index (χ1) is 14.1. The van der Waals surface area contributed by atoms with Gasteiger partial charge in [0.15, 0.2) is 6.61 Å². The lowest BCUT2D eigenvalue weighted by atomic mass is 9.86. The minimum atomic E-state index is -2.03. The molecule has 0 atom stereocenters. The normalized spacial score (nSPS) is 10.8. The third kappa shape index (κ3) is 4.44. The van der Waals surface area contributed by atoms with Crippen LogP contribution in [0.1, 0.15) is 11.1 Å². The van der Waals surface area contributed by atoms with Crippen molar-refractivity contribution in [2.24, 2.45) is 0 Å². The molecule has 1 amide bonds. The third-order valence-corrected chi connectivity index (χ3v) is 4.39. The Labute approximate surface area is 168 Å². The molecule has 0 aliphatic rings. The second-order valence-electron chi connectivity index (χ2n) is 6.27. The Bertz CT molecular complexity index is 933. The highest BCUT2D eigenvalue weighted by molar-refractivity contribution is 5.95. The maximum absolute atomic E-state index is 12.9. The van der Waals surface area contributed by atoms with E-state index in [9.17, 15) is 14.7 Å². The van der Waals surface area contributed by atoms with Gasteiger partial charge in [0, 0.05) is 0 Å². The molecule has 3 aromatic carbocycles. The number of benzene rings is 3. The van der Waals surface area contributed by atoms with Crippen LogP contribution in [-0.4, -0.2) is 30.7 Å². The Morgan fingerprint density at radius 3 is 1.93 bits per heavy atom. The number of nitrogens with one attached hydrogen (secondary N) is 1. The lowest BCUT2D eigenvalue weighted by molar-refractivity contribution is -0.163. The molecule has 2 N–H and O–H groups in total. The van der Waals surface area contributed by atoms with Crippen molar-refractivity contribution < 1.29 is 24.2 Å². The second kappa shape index (κ2) is 9.03. The molecular weight excluding hydrogens is 370 g/mol. The van der Waals surface area contributed by atoms with Crippen LogP contribution in [0.15, 0.2) is 84.9 Å². The van der Waals surface area contributed by atoms with Gasteiger partial charge in [0.1, 0.15) is 5.75 Å². The number of para-hydroxylation sites is 2. The topological polar surface area (TPSA) is 84.9 Å². The maximum atomic E-state index is 12.9. The van der Waals surface area contributed by atoms with Gasteiger partial charge in [-0.3, -0.25) is 4.79 Å². The average Bonchev–Trinajstić information content (AvgIpc) is 2.78. The molecule has 0 aliphatic heterocycles. The SMILES string of the molecule is COc1ccccc1NC(=O)COC(=O)C(O)(c1ccccc1)c1ccccc1. The van der Waals surface area contributed by atoms with Crippen LogP contribution in [0.25, 0.3) is 0 Å². The number of carbonyl (C=O) groups excluding carboxylic acids is 2. The van der Waals surface area contributed by atoms with Crippen LogP contribution in [0.4, 0.5) is 5.69 Å². The molecule has 0 heterocycles. The van der Waals surface area contributed by atoms with Gasteiger partial charge in [-0.2, -0.15) is 0 Å².